The third-order valence-electron chi connectivity index (χ3n) is 2.47. The van der Waals surface area contributed by atoms with Crippen molar-refractivity contribution in [3.63, 3.8) is 0 Å². The third-order valence-corrected chi connectivity index (χ3v) is 2.47. The van der Waals surface area contributed by atoms with E-state index in [0.29, 0.717) is 11.6 Å². The lowest BCUT2D eigenvalue weighted by molar-refractivity contribution is -0.137. The van der Waals surface area contributed by atoms with Crippen molar-refractivity contribution in [2.45, 2.75) is 13.1 Å². The molecule has 0 saturated heterocycles. The average molecular weight is 255 g/mol. The van der Waals surface area contributed by atoms with E-state index >= 15 is 0 Å². The number of halogens is 3. The van der Waals surface area contributed by atoms with Crippen LogP contribution in [0.3, 0.4) is 0 Å². The highest BCUT2D eigenvalue weighted by Crippen LogP contribution is 2.30. The molecule has 2 rings (SSSR count). The molecule has 1 heterocycles. The fourth-order valence-corrected chi connectivity index (χ4v) is 1.60. The summed E-state index contributed by atoms with van der Waals surface area (Å²) in [5.74, 6) is 0.590. The molecule has 1 aromatic heterocycles. The molecule has 0 bridgehead atoms. The molecule has 0 aliphatic rings. The van der Waals surface area contributed by atoms with Crippen LogP contribution in [0.2, 0.25) is 0 Å². The maximum absolute atomic E-state index is 12.4. The SMILES string of the molecule is Cc1cn(C)c(Nc2ccc(C(F)(F)F)cc2)n1. The monoisotopic (exact) mass is 255 g/mol. The maximum Gasteiger partial charge on any atom is 0.416 e. The van der Waals surface area contributed by atoms with Gasteiger partial charge >= 0.3 is 6.18 Å². The predicted molar refractivity (Wildman–Crippen MR) is 62.7 cm³/mol. The van der Waals surface area contributed by atoms with Crippen LogP contribution in [0.4, 0.5) is 24.8 Å². The van der Waals surface area contributed by atoms with Crippen LogP contribution in [0.15, 0.2) is 30.5 Å². The van der Waals surface area contributed by atoms with E-state index in [-0.39, 0.29) is 0 Å². The van der Waals surface area contributed by atoms with Gasteiger partial charge in [-0.05, 0) is 31.2 Å². The molecule has 0 fully saturated rings. The van der Waals surface area contributed by atoms with Gasteiger partial charge in [0.25, 0.3) is 0 Å². The van der Waals surface area contributed by atoms with E-state index in [0.717, 1.165) is 17.8 Å². The standard InChI is InChI=1S/C12H12F3N3/c1-8-7-18(2)11(16-8)17-10-5-3-9(4-6-10)12(13,14)15/h3-7H,1-2H3,(H,16,17). The first-order chi connectivity index (χ1) is 8.36. The van der Waals surface area contributed by atoms with Crippen LogP contribution in [0.25, 0.3) is 0 Å². The Hall–Kier alpha value is -1.98. The van der Waals surface area contributed by atoms with Gasteiger partial charge in [0.1, 0.15) is 0 Å². The Morgan fingerprint density at radius 2 is 1.78 bits per heavy atom. The van der Waals surface area contributed by atoms with Crippen molar-refractivity contribution in [1.29, 1.82) is 0 Å². The van der Waals surface area contributed by atoms with Crippen molar-refractivity contribution in [2.75, 3.05) is 5.32 Å². The number of nitrogens with zero attached hydrogens (tertiary/aromatic N) is 2. The zero-order chi connectivity index (χ0) is 13.3. The summed E-state index contributed by atoms with van der Waals surface area (Å²) >= 11 is 0. The van der Waals surface area contributed by atoms with E-state index in [1.165, 1.54) is 12.1 Å². The molecule has 3 nitrogen and oxygen atoms in total. The van der Waals surface area contributed by atoms with Crippen LogP contribution in [-0.4, -0.2) is 9.55 Å². The molecule has 0 aliphatic carbocycles. The Morgan fingerprint density at radius 3 is 2.22 bits per heavy atom. The molecule has 0 atom stereocenters. The summed E-state index contributed by atoms with van der Waals surface area (Å²) in [7, 11) is 1.81. The topological polar surface area (TPSA) is 29.9 Å². The van der Waals surface area contributed by atoms with Crippen LogP contribution in [-0.2, 0) is 13.2 Å². The minimum absolute atomic E-state index is 0.566. The molecular formula is C12H12F3N3. The maximum atomic E-state index is 12.4. The van der Waals surface area contributed by atoms with E-state index in [2.05, 4.69) is 10.3 Å². The van der Waals surface area contributed by atoms with Crippen molar-refractivity contribution < 1.29 is 13.2 Å². The summed E-state index contributed by atoms with van der Waals surface area (Å²) in [6.45, 7) is 1.85. The molecule has 2 aromatic rings. The van der Waals surface area contributed by atoms with Crippen LogP contribution < -0.4 is 5.32 Å². The fraction of sp³-hybridized carbons (Fsp3) is 0.250. The van der Waals surface area contributed by atoms with Gasteiger partial charge in [-0.2, -0.15) is 13.2 Å². The summed E-state index contributed by atoms with van der Waals surface area (Å²) in [5.41, 5.74) is 0.743. The van der Waals surface area contributed by atoms with E-state index in [1.54, 1.807) is 4.57 Å². The highest BCUT2D eigenvalue weighted by atomic mass is 19.4. The normalized spacial score (nSPS) is 11.6. The Kier molecular flexibility index (Phi) is 3.02. The second-order valence-corrected chi connectivity index (χ2v) is 4.02. The Balaban J connectivity index is 2.18. The molecule has 0 spiro atoms. The average Bonchev–Trinajstić information content (AvgIpc) is 2.57. The molecule has 18 heavy (non-hydrogen) atoms. The van der Waals surface area contributed by atoms with E-state index in [9.17, 15) is 13.2 Å². The van der Waals surface area contributed by atoms with Crippen molar-refractivity contribution in [2.24, 2.45) is 7.05 Å². The van der Waals surface area contributed by atoms with Gasteiger partial charge in [0.15, 0.2) is 0 Å². The van der Waals surface area contributed by atoms with Gasteiger partial charge in [0, 0.05) is 18.9 Å². The number of benzene rings is 1. The minimum atomic E-state index is -4.31. The van der Waals surface area contributed by atoms with Crippen LogP contribution in [0.5, 0.6) is 0 Å². The predicted octanol–water partition coefficient (Wildman–Crippen LogP) is 3.49. The van der Waals surface area contributed by atoms with Gasteiger partial charge in [-0.25, -0.2) is 4.98 Å². The molecular weight excluding hydrogens is 243 g/mol. The Morgan fingerprint density at radius 1 is 1.17 bits per heavy atom. The lowest BCUT2D eigenvalue weighted by Crippen LogP contribution is -2.05. The van der Waals surface area contributed by atoms with E-state index < -0.39 is 11.7 Å². The lowest BCUT2D eigenvalue weighted by atomic mass is 10.2. The smallest absolute Gasteiger partial charge is 0.326 e. The molecule has 6 heteroatoms. The van der Waals surface area contributed by atoms with Crippen LogP contribution >= 0.6 is 0 Å². The third kappa shape index (κ3) is 2.64. The zero-order valence-corrected chi connectivity index (χ0v) is 9.92. The lowest BCUT2D eigenvalue weighted by Gasteiger charge is -2.09. The fourth-order valence-electron chi connectivity index (χ4n) is 1.60. The number of aromatic nitrogens is 2. The summed E-state index contributed by atoms with van der Waals surface area (Å²) in [6.07, 6.45) is -2.48. The number of imidazole rings is 1. The number of alkyl halides is 3. The van der Waals surface area contributed by atoms with Gasteiger partial charge < -0.3 is 9.88 Å². The first-order valence-corrected chi connectivity index (χ1v) is 5.30. The second kappa shape index (κ2) is 4.36. The number of rotatable bonds is 2. The van der Waals surface area contributed by atoms with Crippen molar-refractivity contribution >= 4 is 11.6 Å². The Bertz CT molecular complexity index is 541. The van der Waals surface area contributed by atoms with Crippen molar-refractivity contribution in [3.05, 3.63) is 41.7 Å². The molecule has 0 aliphatic heterocycles. The second-order valence-electron chi connectivity index (χ2n) is 4.02. The van der Waals surface area contributed by atoms with E-state index in [1.807, 2.05) is 20.2 Å². The minimum Gasteiger partial charge on any atom is -0.326 e. The number of aryl methyl sites for hydroxylation is 2. The van der Waals surface area contributed by atoms with Gasteiger partial charge in [-0.3, -0.25) is 0 Å². The molecule has 0 amide bonds. The summed E-state index contributed by atoms with van der Waals surface area (Å²) in [4.78, 5) is 4.21. The summed E-state index contributed by atoms with van der Waals surface area (Å²) in [5, 5.41) is 2.96. The molecule has 1 N–H and O–H groups in total. The number of hydrogen-bond acceptors (Lipinski definition) is 2. The summed E-state index contributed by atoms with van der Waals surface area (Å²) < 4.78 is 38.9. The largest absolute Gasteiger partial charge is 0.416 e. The van der Waals surface area contributed by atoms with Gasteiger partial charge in [-0.1, -0.05) is 0 Å². The quantitative estimate of drug-likeness (QED) is 0.890. The molecule has 0 unspecified atom stereocenters. The van der Waals surface area contributed by atoms with E-state index in [4.69, 9.17) is 0 Å². The highest BCUT2D eigenvalue weighted by Gasteiger charge is 2.29. The molecule has 0 saturated carbocycles. The van der Waals surface area contributed by atoms with Crippen molar-refractivity contribution in [1.82, 2.24) is 9.55 Å². The summed E-state index contributed by atoms with van der Waals surface area (Å²) in [6, 6.07) is 4.84. The molecule has 1 aromatic carbocycles. The zero-order valence-electron chi connectivity index (χ0n) is 9.92. The molecule has 96 valence electrons. The van der Waals surface area contributed by atoms with Crippen molar-refractivity contribution in [3.8, 4) is 0 Å². The van der Waals surface area contributed by atoms with Crippen LogP contribution in [0, 0.1) is 6.92 Å². The van der Waals surface area contributed by atoms with Gasteiger partial charge in [0.05, 0.1) is 11.3 Å². The van der Waals surface area contributed by atoms with Gasteiger partial charge in [0.2, 0.25) is 5.95 Å². The first kappa shape index (κ1) is 12.5. The van der Waals surface area contributed by atoms with Crippen LogP contribution in [0.1, 0.15) is 11.3 Å². The molecule has 0 radical (unpaired) electrons. The number of nitrogens with one attached hydrogen (secondary N) is 1. The number of hydrogen-bond donors (Lipinski definition) is 1. The Labute approximate surface area is 102 Å². The van der Waals surface area contributed by atoms with Gasteiger partial charge in [-0.15, -0.1) is 0 Å². The highest BCUT2D eigenvalue weighted by molar-refractivity contribution is 5.54. The number of anilines is 2. The first-order valence-electron chi connectivity index (χ1n) is 5.30.